The summed E-state index contributed by atoms with van der Waals surface area (Å²) in [5.41, 5.74) is 2.70. The van der Waals surface area contributed by atoms with Crippen LogP contribution in [0.4, 0.5) is 5.82 Å². The topological polar surface area (TPSA) is 48.0 Å². The van der Waals surface area contributed by atoms with Crippen molar-refractivity contribution in [3.63, 3.8) is 0 Å². The van der Waals surface area contributed by atoms with Crippen LogP contribution in [0.15, 0.2) is 42.7 Å². The molecule has 5 nitrogen and oxygen atoms in total. The standard InChI is InChI=1S/C21H23Cl2N5/c1-14(2)27-7-9-28(10-8-27)20-6-4-16(12-24-20)21-25-13-19(26-21)15-3-5-17(22)18(23)11-15/h3-6,11-14H,7-10H2,1-2H3,(H,25,26). The van der Waals surface area contributed by atoms with Crippen LogP contribution in [-0.4, -0.2) is 52.1 Å². The highest BCUT2D eigenvalue weighted by molar-refractivity contribution is 6.42. The predicted molar refractivity (Wildman–Crippen MR) is 116 cm³/mol. The second-order valence-corrected chi connectivity index (χ2v) is 8.10. The minimum atomic E-state index is 0.521. The molecule has 3 heterocycles. The number of anilines is 1. The lowest BCUT2D eigenvalue weighted by atomic mass is 10.2. The Morgan fingerprint density at radius 3 is 2.36 bits per heavy atom. The summed E-state index contributed by atoms with van der Waals surface area (Å²) in [7, 11) is 0. The molecule has 0 bridgehead atoms. The first-order valence-electron chi connectivity index (χ1n) is 9.47. The second kappa shape index (κ2) is 8.11. The summed E-state index contributed by atoms with van der Waals surface area (Å²) >= 11 is 12.1. The first-order valence-corrected chi connectivity index (χ1v) is 10.2. The van der Waals surface area contributed by atoms with Gasteiger partial charge in [0.05, 0.1) is 15.7 Å². The maximum absolute atomic E-state index is 6.12. The number of halogens is 2. The predicted octanol–water partition coefficient (Wildman–Crippen LogP) is 4.98. The molecular weight excluding hydrogens is 393 g/mol. The lowest BCUT2D eigenvalue weighted by Gasteiger charge is -2.37. The number of hydrogen-bond donors (Lipinski definition) is 1. The molecule has 28 heavy (non-hydrogen) atoms. The molecule has 1 saturated heterocycles. The van der Waals surface area contributed by atoms with Crippen molar-refractivity contribution < 1.29 is 0 Å². The molecule has 0 saturated carbocycles. The number of piperazine rings is 1. The Hall–Kier alpha value is -2.08. The Morgan fingerprint density at radius 2 is 1.71 bits per heavy atom. The van der Waals surface area contributed by atoms with Crippen molar-refractivity contribution in [2.45, 2.75) is 19.9 Å². The van der Waals surface area contributed by atoms with Gasteiger partial charge >= 0.3 is 0 Å². The molecule has 0 atom stereocenters. The third-order valence-electron chi connectivity index (χ3n) is 5.18. The van der Waals surface area contributed by atoms with E-state index in [2.05, 4.69) is 50.7 Å². The van der Waals surface area contributed by atoms with E-state index < -0.39 is 0 Å². The van der Waals surface area contributed by atoms with Gasteiger partial charge < -0.3 is 9.88 Å². The Balaban J connectivity index is 1.47. The lowest BCUT2D eigenvalue weighted by Crippen LogP contribution is -2.49. The molecule has 1 aliphatic rings. The van der Waals surface area contributed by atoms with Gasteiger partial charge in [0.25, 0.3) is 0 Å². The van der Waals surface area contributed by atoms with Gasteiger partial charge in [-0.05, 0) is 38.1 Å². The smallest absolute Gasteiger partial charge is 0.139 e. The molecule has 146 valence electrons. The van der Waals surface area contributed by atoms with Gasteiger partial charge in [0.2, 0.25) is 0 Å². The van der Waals surface area contributed by atoms with E-state index in [0.717, 1.165) is 54.6 Å². The summed E-state index contributed by atoms with van der Waals surface area (Å²) in [6, 6.07) is 10.2. The molecule has 0 unspecified atom stereocenters. The number of nitrogens with one attached hydrogen (secondary N) is 1. The summed E-state index contributed by atoms with van der Waals surface area (Å²) in [5.74, 6) is 1.80. The van der Waals surface area contributed by atoms with Crippen molar-refractivity contribution in [1.82, 2.24) is 19.9 Å². The van der Waals surface area contributed by atoms with Gasteiger partial charge in [-0.1, -0.05) is 29.3 Å². The largest absolute Gasteiger partial charge is 0.354 e. The maximum atomic E-state index is 6.12. The van der Waals surface area contributed by atoms with Gasteiger partial charge in [-0.3, -0.25) is 4.90 Å². The molecular formula is C21H23Cl2N5. The highest BCUT2D eigenvalue weighted by atomic mass is 35.5. The van der Waals surface area contributed by atoms with Crippen molar-refractivity contribution in [2.75, 3.05) is 31.1 Å². The molecule has 0 amide bonds. The van der Waals surface area contributed by atoms with E-state index in [-0.39, 0.29) is 0 Å². The van der Waals surface area contributed by atoms with Crippen molar-refractivity contribution in [1.29, 1.82) is 0 Å². The molecule has 1 N–H and O–H groups in total. The van der Waals surface area contributed by atoms with Gasteiger partial charge in [-0.25, -0.2) is 9.97 Å². The van der Waals surface area contributed by atoms with Crippen LogP contribution in [0, 0.1) is 0 Å². The summed E-state index contributed by atoms with van der Waals surface area (Å²) in [6.45, 7) is 8.66. The van der Waals surface area contributed by atoms with Crippen LogP contribution in [0.3, 0.4) is 0 Å². The van der Waals surface area contributed by atoms with E-state index in [0.29, 0.717) is 16.1 Å². The maximum Gasteiger partial charge on any atom is 0.139 e. The number of H-pyrrole nitrogens is 1. The molecule has 4 rings (SSSR count). The van der Waals surface area contributed by atoms with Gasteiger partial charge in [0.1, 0.15) is 11.6 Å². The Kier molecular flexibility index (Phi) is 5.58. The molecule has 2 aromatic heterocycles. The van der Waals surface area contributed by atoms with Crippen LogP contribution in [0.1, 0.15) is 13.8 Å². The molecule has 1 aromatic carbocycles. The van der Waals surface area contributed by atoms with Crippen molar-refractivity contribution >= 4 is 29.0 Å². The van der Waals surface area contributed by atoms with Gasteiger partial charge in [-0.2, -0.15) is 0 Å². The number of rotatable bonds is 4. The zero-order chi connectivity index (χ0) is 19.7. The van der Waals surface area contributed by atoms with Crippen LogP contribution >= 0.6 is 23.2 Å². The van der Waals surface area contributed by atoms with Crippen molar-refractivity contribution in [2.24, 2.45) is 0 Å². The minimum Gasteiger partial charge on any atom is -0.354 e. The zero-order valence-electron chi connectivity index (χ0n) is 16.0. The summed E-state index contributed by atoms with van der Waals surface area (Å²) in [6.07, 6.45) is 3.75. The fourth-order valence-electron chi connectivity index (χ4n) is 3.45. The minimum absolute atomic E-state index is 0.521. The van der Waals surface area contributed by atoms with E-state index in [1.165, 1.54) is 0 Å². The van der Waals surface area contributed by atoms with E-state index in [1.807, 2.05) is 24.5 Å². The molecule has 3 aromatic rings. The summed E-state index contributed by atoms with van der Waals surface area (Å²) in [5, 5.41) is 1.06. The number of hydrogen-bond acceptors (Lipinski definition) is 4. The van der Waals surface area contributed by atoms with Crippen LogP contribution in [-0.2, 0) is 0 Å². The quantitative estimate of drug-likeness (QED) is 0.652. The molecule has 7 heteroatoms. The fourth-order valence-corrected chi connectivity index (χ4v) is 3.75. The van der Waals surface area contributed by atoms with E-state index in [4.69, 9.17) is 23.2 Å². The van der Waals surface area contributed by atoms with Gasteiger partial charge in [-0.15, -0.1) is 0 Å². The normalized spacial score (nSPS) is 15.4. The third-order valence-corrected chi connectivity index (χ3v) is 5.92. The Morgan fingerprint density at radius 1 is 0.964 bits per heavy atom. The van der Waals surface area contributed by atoms with Gasteiger partial charge in [0, 0.05) is 55.7 Å². The SMILES string of the molecule is CC(C)N1CCN(c2ccc(-c3nc(-c4ccc(Cl)c(Cl)c4)c[nH]3)cn2)CC1. The second-order valence-electron chi connectivity index (χ2n) is 7.29. The number of pyridine rings is 1. The highest BCUT2D eigenvalue weighted by Crippen LogP contribution is 2.29. The monoisotopic (exact) mass is 415 g/mol. The van der Waals surface area contributed by atoms with Crippen molar-refractivity contribution in [3.8, 4) is 22.6 Å². The van der Waals surface area contributed by atoms with Crippen LogP contribution in [0.25, 0.3) is 22.6 Å². The first-order chi connectivity index (χ1) is 13.5. The van der Waals surface area contributed by atoms with E-state index in [1.54, 1.807) is 6.07 Å². The van der Waals surface area contributed by atoms with Gasteiger partial charge in [0.15, 0.2) is 0 Å². The van der Waals surface area contributed by atoms with E-state index in [9.17, 15) is 0 Å². The average Bonchev–Trinajstić information content (AvgIpc) is 3.20. The Bertz CT molecular complexity index is 944. The van der Waals surface area contributed by atoms with Crippen LogP contribution in [0.5, 0.6) is 0 Å². The number of aromatic nitrogens is 3. The number of nitrogens with zero attached hydrogens (tertiary/aromatic N) is 4. The highest BCUT2D eigenvalue weighted by Gasteiger charge is 2.19. The molecule has 1 fully saturated rings. The third kappa shape index (κ3) is 4.02. The number of aromatic amines is 1. The molecule has 1 aliphatic heterocycles. The Labute approximate surface area is 175 Å². The zero-order valence-corrected chi connectivity index (χ0v) is 17.5. The van der Waals surface area contributed by atoms with Crippen molar-refractivity contribution in [3.05, 3.63) is 52.8 Å². The first kappa shape index (κ1) is 19.2. The summed E-state index contributed by atoms with van der Waals surface area (Å²) in [4.78, 5) is 17.4. The average molecular weight is 416 g/mol. The molecule has 0 radical (unpaired) electrons. The van der Waals surface area contributed by atoms with Crippen LogP contribution < -0.4 is 4.90 Å². The summed E-state index contributed by atoms with van der Waals surface area (Å²) < 4.78 is 0. The van der Waals surface area contributed by atoms with E-state index >= 15 is 0 Å². The van der Waals surface area contributed by atoms with Crippen LogP contribution in [0.2, 0.25) is 10.0 Å². The lowest BCUT2D eigenvalue weighted by molar-refractivity contribution is 0.209. The number of imidazole rings is 1. The number of benzene rings is 1. The molecule has 0 aliphatic carbocycles. The fraction of sp³-hybridized carbons (Fsp3) is 0.333. The molecule has 0 spiro atoms.